The highest BCUT2D eigenvalue weighted by atomic mass is 28.3. The van der Waals surface area contributed by atoms with E-state index in [-0.39, 0.29) is 23.9 Å². The van der Waals surface area contributed by atoms with Gasteiger partial charge in [-0.3, -0.25) is 10.2 Å². The number of nitrogens with zero attached hydrogens (tertiary/aromatic N) is 3. The van der Waals surface area contributed by atoms with Crippen LogP contribution in [0.4, 0.5) is 0 Å². The molecule has 2 heterocycles. The molecule has 7 heteroatoms. The molecule has 0 saturated carbocycles. The molecular formula is C29H36N4O2Si. The lowest BCUT2D eigenvalue weighted by Gasteiger charge is -2.52. The normalized spacial score (nSPS) is 26.1. The van der Waals surface area contributed by atoms with Crippen LogP contribution in [0.3, 0.4) is 0 Å². The SMILES string of the molecule is C[Si](C)(C)C/C=C/C[C@@H]1N[C@@H](C#N)[C@@H]2Cc3cccc(O)c3[C@H](COCc3ccccc3)N2[C@H]1C#N. The van der Waals surface area contributed by atoms with E-state index in [1.807, 2.05) is 42.5 Å². The van der Waals surface area contributed by atoms with Crippen LogP contribution in [0.15, 0.2) is 60.7 Å². The summed E-state index contributed by atoms with van der Waals surface area (Å²) in [6.45, 7) is 7.77. The van der Waals surface area contributed by atoms with Crippen LogP contribution in [0.5, 0.6) is 5.75 Å². The van der Waals surface area contributed by atoms with Crippen molar-refractivity contribution in [1.82, 2.24) is 10.2 Å². The van der Waals surface area contributed by atoms with Gasteiger partial charge in [0.2, 0.25) is 0 Å². The van der Waals surface area contributed by atoms with Crippen LogP contribution in [-0.2, 0) is 17.8 Å². The van der Waals surface area contributed by atoms with E-state index in [1.54, 1.807) is 6.07 Å². The molecule has 0 radical (unpaired) electrons. The van der Waals surface area contributed by atoms with Gasteiger partial charge in [0, 0.05) is 25.7 Å². The van der Waals surface area contributed by atoms with Crippen molar-refractivity contribution in [3.05, 3.63) is 77.4 Å². The van der Waals surface area contributed by atoms with E-state index in [9.17, 15) is 15.6 Å². The van der Waals surface area contributed by atoms with Gasteiger partial charge in [-0.05, 0) is 36.1 Å². The number of allylic oxidation sites excluding steroid dienone is 1. The molecule has 0 amide bonds. The Kier molecular flexibility index (Phi) is 8.28. The van der Waals surface area contributed by atoms with Crippen LogP contribution in [-0.4, -0.2) is 48.9 Å². The topological polar surface area (TPSA) is 92.3 Å². The minimum absolute atomic E-state index is 0.179. The maximum atomic E-state index is 10.9. The smallest absolute Gasteiger partial charge is 0.120 e. The lowest BCUT2D eigenvalue weighted by molar-refractivity contribution is -0.0258. The fraction of sp³-hybridized carbons (Fsp3) is 0.448. The van der Waals surface area contributed by atoms with Gasteiger partial charge < -0.3 is 9.84 Å². The molecule has 2 N–H and O–H groups in total. The molecule has 0 spiro atoms. The van der Waals surface area contributed by atoms with Gasteiger partial charge in [-0.25, -0.2) is 0 Å². The first-order chi connectivity index (χ1) is 17.3. The Hall–Kier alpha value is -2.94. The second-order valence-electron chi connectivity index (χ2n) is 11.0. The zero-order valence-electron chi connectivity index (χ0n) is 21.4. The van der Waals surface area contributed by atoms with E-state index >= 15 is 0 Å². The van der Waals surface area contributed by atoms with Gasteiger partial charge in [0.05, 0.1) is 31.4 Å². The molecule has 2 aromatic rings. The summed E-state index contributed by atoms with van der Waals surface area (Å²) >= 11 is 0. The number of rotatable bonds is 8. The molecule has 1 saturated heterocycles. The molecule has 4 rings (SSSR count). The molecular weight excluding hydrogens is 464 g/mol. The van der Waals surface area contributed by atoms with Gasteiger partial charge in [-0.2, -0.15) is 10.5 Å². The van der Waals surface area contributed by atoms with Crippen molar-refractivity contribution in [2.24, 2.45) is 0 Å². The first kappa shape index (κ1) is 26.1. The monoisotopic (exact) mass is 500 g/mol. The van der Waals surface area contributed by atoms with Crippen molar-refractivity contribution in [1.29, 1.82) is 10.5 Å². The highest BCUT2D eigenvalue weighted by Crippen LogP contribution is 2.43. The van der Waals surface area contributed by atoms with E-state index in [0.717, 1.165) is 22.7 Å². The summed E-state index contributed by atoms with van der Waals surface area (Å²) in [5, 5.41) is 34.8. The van der Waals surface area contributed by atoms with Gasteiger partial charge in [0.15, 0.2) is 0 Å². The van der Waals surface area contributed by atoms with Crippen molar-refractivity contribution < 1.29 is 9.84 Å². The van der Waals surface area contributed by atoms with Gasteiger partial charge in [-0.1, -0.05) is 74.3 Å². The summed E-state index contributed by atoms with van der Waals surface area (Å²) in [7, 11) is -1.20. The van der Waals surface area contributed by atoms with E-state index in [4.69, 9.17) is 4.74 Å². The standard InChI is InChI=1S/C29H36N4O2Si/c1-36(2,3)15-8-7-13-23-26(18-31)33-25(24(17-30)32-23)16-22-12-9-14-28(34)29(22)27(33)20-35-19-21-10-5-4-6-11-21/h4-12,14,23-27,32,34H,13,15-16,19-20H2,1-3H3/b8-7+/t23-,24-,25-,26-,27-/m0/s1. The number of ether oxygens (including phenoxy) is 1. The first-order valence-electron chi connectivity index (χ1n) is 12.7. The molecule has 36 heavy (non-hydrogen) atoms. The highest BCUT2D eigenvalue weighted by Gasteiger charge is 2.49. The quantitative estimate of drug-likeness (QED) is 0.395. The van der Waals surface area contributed by atoms with Gasteiger partial charge in [0.25, 0.3) is 0 Å². The molecule has 2 aliphatic rings. The summed E-state index contributed by atoms with van der Waals surface area (Å²) in [5.74, 6) is 0.217. The average molecular weight is 501 g/mol. The van der Waals surface area contributed by atoms with Crippen molar-refractivity contribution in [3.8, 4) is 17.9 Å². The molecule has 188 valence electrons. The van der Waals surface area contributed by atoms with Crippen LogP contribution >= 0.6 is 0 Å². The number of piperazine rings is 1. The maximum Gasteiger partial charge on any atom is 0.120 e. The first-order valence-corrected chi connectivity index (χ1v) is 16.4. The fourth-order valence-corrected chi connectivity index (χ4v) is 6.27. The van der Waals surface area contributed by atoms with Crippen LogP contribution in [0.25, 0.3) is 0 Å². The molecule has 5 atom stereocenters. The highest BCUT2D eigenvalue weighted by molar-refractivity contribution is 6.76. The Bertz CT molecular complexity index is 1150. The third kappa shape index (κ3) is 5.88. The summed E-state index contributed by atoms with van der Waals surface area (Å²) in [6.07, 6.45) is 5.66. The largest absolute Gasteiger partial charge is 0.508 e. The minimum atomic E-state index is -1.20. The lowest BCUT2D eigenvalue weighted by Crippen LogP contribution is -2.69. The van der Waals surface area contributed by atoms with E-state index in [0.29, 0.717) is 26.1 Å². The van der Waals surface area contributed by atoms with Crippen molar-refractivity contribution >= 4 is 8.07 Å². The lowest BCUT2D eigenvalue weighted by atomic mass is 9.80. The van der Waals surface area contributed by atoms with E-state index in [1.165, 1.54) is 0 Å². The average Bonchev–Trinajstić information content (AvgIpc) is 2.86. The Morgan fingerprint density at radius 2 is 1.86 bits per heavy atom. The number of hydrogen-bond donors (Lipinski definition) is 2. The number of fused-ring (bicyclic) bond motifs is 2. The van der Waals surface area contributed by atoms with Crippen LogP contribution in [0.2, 0.25) is 25.7 Å². The Morgan fingerprint density at radius 3 is 2.56 bits per heavy atom. The van der Waals surface area contributed by atoms with Gasteiger partial charge in [-0.15, -0.1) is 0 Å². The van der Waals surface area contributed by atoms with Crippen molar-refractivity contribution in [2.75, 3.05) is 6.61 Å². The predicted molar refractivity (Wildman–Crippen MR) is 144 cm³/mol. The second kappa shape index (κ2) is 11.4. The summed E-state index contributed by atoms with van der Waals surface area (Å²) in [4.78, 5) is 2.15. The Morgan fingerprint density at radius 1 is 1.08 bits per heavy atom. The predicted octanol–water partition coefficient (Wildman–Crippen LogP) is 4.92. The molecule has 2 aliphatic heterocycles. The third-order valence-electron chi connectivity index (χ3n) is 7.10. The van der Waals surface area contributed by atoms with E-state index in [2.05, 4.69) is 54.1 Å². The van der Waals surface area contributed by atoms with Crippen LogP contribution < -0.4 is 5.32 Å². The van der Waals surface area contributed by atoms with Crippen molar-refractivity contribution in [3.63, 3.8) is 0 Å². The number of nitrogens with one attached hydrogen (secondary N) is 1. The number of phenols is 1. The number of aromatic hydroxyl groups is 1. The molecule has 0 unspecified atom stereocenters. The zero-order chi connectivity index (χ0) is 25.7. The second-order valence-corrected chi connectivity index (χ2v) is 16.5. The van der Waals surface area contributed by atoms with Crippen LogP contribution in [0, 0.1) is 22.7 Å². The number of nitriles is 2. The Balaban J connectivity index is 1.63. The van der Waals surface area contributed by atoms with Crippen molar-refractivity contribution in [2.45, 2.75) is 75.3 Å². The summed E-state index contributed by atoms with van der Waals surface area (Å²) < 4.78 is 6.18. The maximum absolute atomic E-state index is 10.9. The Labute approximate surface area is 215 Å². The van der Waals surface area contributed by atoms with E-state index < -0.39 is 20.2 Å². The van der Waals surface area contributed by atoms with Gasteiger partial charge >= 0.3 is 0 Å². The number of hydrogen-bond acceptors (Lipinski definition) is 6. The zero-order valence-corrected chi connectivity index (χ0v) is 22.4. The molecule has 0 aromatic heterocycles. The molecule has 0 bridgehead atoms. The number of benzene rings is 2. The fourth-order valence-electron chi connectivity index (χ4n) is 5.39. The molecule has 6 nitrogen and oxygen atoms in total. The number of phenolic OH excluding ortho intramolecular Hbond substituents is 1. The molecule has 0 aliphatic carbocycles. The third-order valence-corrected chi connectivity index (χ3v) is 8.57. The van der Waals surface area contributed by atoms with Gasteiger partial charge in [0.1, 0.15) is 17.8 Å². The summed E-state index contributed by atoms with van der Waals surface area (Å²) in [6, 6.07) is 20.1. The molecule has 2 aromatic carbocycles. The molecule has 1 fully saturated rings. The minimum Gasteiger partial charge on any atom is -0.508 e. The summed E-state index contributed by atoms with van der Waals surface area (Å²) in [5.41, 5.74) is 2.89. The van der Waals surface area contributed by atoms with Crippen LogP contribution in [0.1, 0.15) is 29.2 Å².